The SMILES string of the molecule is Cc1cc(N)cc(C(=O)OCC(=O)NCC(F)(F)F)c1F. The highest BCUT2D eigenvalue weighted by atomic mass is 19.4. The van der Waals surface area contributed by atoms with E-state index in [0.29, 0.717) is 0 Å². The fourth-order valence-corrected chi connectivity index (χ4v) is 1.40. The summed E-state index contributed by atoms with van der Waals surface area (Å²) in [4.78, 5) is 22.6. The predicted octanol–water partition coefficient (Wildman–Crippen LogP) is 1.55. The number of carbonyl (C=O) groups excluding carboxylic acids is 2. The first-order chi connectivity index (χ1) is 9.60. The molecule has 0 radical (unpaired) electrons. The molecule has 21 heavy (non-hydrogen) atoms. The van der Waals surface area contributed by atoms with E-state index in [1.165, 1.54) is 18.3 Å². The minimum absolute atomic E-state index is 0.100. The van der Waals surface area contributed by atoms with Crippen LogP contribution in [-0.2, 0) is 9.53 Å². The quantitative estimate of drug-likeness (QED) is 0.502. The van der Waals surface area contributed by atoms with Gasteiger partial charge in [-0.1, -0.05) is 0 Å². The van der Waals surface area contributed by atoms with Crippen molar-refractivity contribution >= 4 is 17.6 Å². The molecule has 0 atom stereocenters. The Balaban J connectivity index is 2.61. The molecule has 0 aliphatic rings. The number of ether oxygens (including phenoxy) is 1. The monoisotopic (exact) mass is 308 g/mol. The first-order valence-corrected chi connectivity index (χ1v) is 5.66. The molecule has 0 aromatic heterocycles. The third kappa shape index (κ3) is 5.28. The summed E-state index contributed by atoms with van der Waals surface area (Å²) < 4.78 is 53.6. The molecule has 116 valence electrons. The first-order valence-electron chi connectivity index (χ1n) is 5.66. The van der Waals surface area contributed by atoms with E-state index in [1.807, 2.05) is 0 Å². The Morgan fingerprint density at radius 3 is 2.52 bits per heavy atom. The topological polar surface area (TPSA) is 81.4 Å². The maximum absolute atomic E-state index is 13.7. The Hall–Kier alpha value is -2.32. The molecule has 0 aliphatic heterocycles. The van der Waals surface area contributed by atoms with Crippen molar-refractivity contribution in [1.82, 2.24) is 5.32 Å². The molecule has 0 aliphatic carbocycles. The summed E-state index contributed by atoms with van der Waals surface area (Å²) in [5, 5.41) is 1.51. The summed E-state index contributed by atoms with van der Waals surface area (Å²) in [6.45, 7) is -1.13. The van der Waals surface area contributed by atoms with E-state index in [4.69, 9.17) is 5.73 Å². The van der Waals surface area contributed by atoms with Crippen molar-refractivity contribution in [2.45, 2.75) is 13.1 Å². The molecule has 0 unspecified atom stereocenters. The standard InChI is InChI=1S/C12H12F4N2O3/c1-6-2-7(17)3-8(10(6)13)11(20)21-4-9(19)18-5-12(14,15)16/h2-3H,4-5,17H2,1H3,(H,18,19). The fourth-order valence-electron chi connectivity index (χ4n) is 1.40. The fraction of sp³-hybridized carbons (Fsp3) is 0.333. The van der Waals surface area contributed by atoms with Crippen LogP contribution in [0, 0.1) is 12.7 Å². The summed E-state index contributed by atoms with van der Waals surface area (Å²) in [7, 11) is 0. The van der Waals surface area contributed by atoms with E-state index in [9.17, 15) is 27.2 Å². The molecular formula is C12H12F4N2O3. The summed E-state index contributed by atoms with van der Waals surface area (Å²) in [6.07, 6.45) is -4.57. The Kier molecular flexibility index (Phi) is 5.12. The zero-order valence-corrected chi connectivity index (χ0v) is 10.9. The Morgan fingerprint density at radius 2 is 1.95 bits per heavy atom. The number of nitrogens with one attached hydrogen (secondary N) is 1. The molecule has 1 amide bonds. The van der Waals surface area contributed by atoms with Gasteiger partial charge in [0.05, 0.1) is 5.56 Å². The first kappa shape index (κ1) is 16.7. The van der Waals surface area contributed by atoms with Crippen LogP contribution in [0.2, 0.25) is 0 Å². The lowest BCUT2D eigenvalue weighted by atomic mass is 10.1. The van der Waals surface area contributed by atoms with Crippen LogP contribution in [0.5, 0.6) is 0 Å². The van der Waals surface area contributed by atoms with Gasteiger partial charge in [0, 0.05) is 5.69 Å². The Bertz CT molecular complexity index is 558. The van der Waals surface area contributed by atoms with E-state index >= 15 is 0 Å². The summed E-state index contributed by atoms with van der Waals surface area (Å²) in [5.74, 6) is -3.21. The second-order valence-corrected chi connectivity index (χ2v) is 4.17. The second-order valence-electron chi connectivity index (χ2n) is 4.17. The molecule has 3 N–H and O–H groups in total. The van der Waals surface area contributed by atoms with Crippen LogP contribution in [0.15, 0.2) is 12.1 Å². The highest BCUT2D eigenvalue weighted by Crippen LogP contribution is 2.18. The number of rotatable bonds is 4. The highest BCUT2D eigenvalue weighted by Gasteiger charge is 2.28. The summed E-state index contributed by atoms with van der Waals surface area (Å²) in [5.41, 5.74) is 5.16. The van der Waals surface area contributed by atoms with Crippen LogP contribution in [0.4, 0.5) is 23.2 Å². The number of hydrogen-bond acceptors (Lipinski definition) is 4. The number of amides is 1. The Labute approximate surface area is 117 Å². The van der Waals surface area contributed by atoms with Crippen molar-refractivity contribution in [1.29, 1.82) is 0 Å². The number of hydrogen-bond donors (Lipinski definition) is 2. The minimum atomic E-state index is -4.57. The molecule has 1 rings (SSSR count). The Morgan fingerprint density at radius 1 is 1.33 bits per heavy atom. The van der Waals surface area contributed by atoms with Crippen molar-refractivity contribution in [3.63, 3.8) is 0 Å². The number of nitrogen functional groups attached to an aromatic ring is 1. The smallest absolute Gasteiger partial charge is 0.405 e. The van der Waals surface area contributed by atoms with Crippen LogP contribution in [-0.4, -0.2) is 31.2 Å². The second kappa shape index (κ2) is 6.42. The average molecular weight is 308 g/mol. The van der Waals surface area contributed by atoms with Crippen molar-refractivity contribution < 1.29 is 31.9 Å². The molecule has 0 spiro atoms. The predicted molar refractivity (Wildman–Crippen MR) is 64.9 cm³/mol. The van der Waals surface area contributed by atoms with Crippen LogP contribution in [0.25, 0.3) is 0 Å². The lowest BCUT2D eigenvalue weighted by Gasteiger charge is -2.10. The number of benzene rings is 1. The van der Waals surface area contributed by atoms with Crippen LogP contribution < -0.4 is 11.1 Å². The zero-order chi connectivity index (χ0) is 16.2. The zero-order valence-electron chi connectivity index (χ0n) is 10.9. The molecule has 5 nitrogen and oxygen atoms in total. The van der Waals surface area contributed by atoms with Gasteiger partial charge in [-0.2, -0.15) is 13.2 Å². The number of esters is 1. The van der Waals surface area contributed by atoms with Gasteiger partial charge in [0.25, 0.3) is 5.91 Å². The molecule has 0 heterocycles. The van der Waals surface area contributed by atoms with Gasteiger partial charge in [-0.15, -0.1) is 0 Å². The van der Waals surface area contributed by atoms with Crippen molar-refractivity contribution in [3.8, 4) is 0 Å². The normalized spacial score (nSPS) is 11.1. The third-order valence-electron chi connectivity index (χ3n) is 2.32. The number of anilines is 1. The van der Waals surface area contributed by atoms with Gasteiger partial charge in [-0.05, 0) is 24.6 Å². The van der Waals surface area contributed by atoms with Crippen molar-refractivity contribution in [3.05, 3.63) is 29.1 Å². The van der Waals surface area contributed by atoms with Gasteiger partial charge in [0.1, 0.15) is 12.4 Å². The lowest BCUT2D eigenvalue weighted by Crippen LogP contribution is -2.36. The number of nitrogens with two attached hydrogens (primary N) is 1. The van der Waals surface area contributed by atoms with Crippen LogP contribution >= 0.6 is 0 Å². The van der Waals surface area contributed by atoms with Gasteiger partial charge in [-0.3, -0.25) is 4.79 Å². The molecular weight excluding hydrogens is 296 g/mol. The van der Waals surface area contributed by atoms with Crippen LogP contribution in [0.3, 0.4) is 0 Å². The van der Waals surface area contributed by atoms with E-state index in [0.717, 1.165) is 6.07 Å². The molecule has 0 saturated carbocycles. The number of carbonyl (C=O) groups is 2. The number of halogens is 4. The maximum atomic E-state index is 13.7. The van der Waals surface area contributed by atoms with Crippen LogP contribution in [0.1, 0.15) is 15.9 Å². The largest absolute Gasteiger partial charge is 0.452 e. The molecule has 1 aromatic rings. The average Bonchev–Trinajstić information content (AvgIpc) is 2.36. The van der Waals surface area contributed by atoms with E-state index < -0.39 is 42.6 Å². The van der Waals surface area contributed by atoms with E-state index in [1.54, 1.807) is 0 Å². The minimum Gasteiger partial charge on any atom is -0.452 e. The molecule has 9 heteroatoms. The molecule has 0 saturated heterocycles. The van der Waals surface area contributed by atoms with Crippen molar-refractivity contribution in [2.24, 2.45) is 0 Å². The van der Waals surface area contributed by atoms with E-state index in [-0.39, 0.29) is 11.3 Å². The third-order valence-corrected chi connectivity index (χ3v) is 2.32. The molecule has 0 bridgehead atoms. The van der Waals surface area contributed by atoms with Crippen molar-refractivity contribution in [2.75, 3.05) is 18.9 Å². The highest BCUT2D eigenvalue weighted by molar-refractivity contribution is 5.92. The number of alkyl halides is 3. The summed E-state index contributed by atoms with van der Waals surface area (Å²) >= 11 is 0. The lowest BCUT2D eigenvalue weighted by molar-refractivity contribution is -0.140. The van der Waals surface area contributed by atoms with Gasteiger partial charge >= 0.3 is 12.1 Å². The van der Waals surface area contributed by atoms with Gasteiger partial charge in [0.2, 0.25) is 0 Å². The molecule has 0 fully saturated rings. The summed E-state index contributed by atoms with van der Waals surface area (Å²) in [6, 6.07) is 2.31. The van der Waals surface area contributed by atoms with Gasteiger partial charge in [0.15, 0.2) is 6.61 Å². The van der Waals surface area contributed by atoms with Gasteiger partial charge in [-0.25, -0.2) is 9.18 Å². The van der Waals surface area contributed by atoms with E-state index in [2.05, 4.69) is 4.74 Å². The molecule has 1 aromatic carbocycles. The van der Waals surface area contributed by atoms with Gasteiger partial charge < -0.3 is 15.8 Å². The number of aryl methyl sites for hydroxylation is 1. The maximum Gasteiger partial charge on any atom is 0.405 e.